The summed E-state index contributed by atoms with van der Waals surface area (Å²) in [5, 5.41) is 0.504. The second-order valence-electron chi connectivity index (χ2n) is 8.47. The number of amides is 1. The molecule has 0 bridgehead atoms. The predicted octanol–water partition coefficient (Wildman–Crippen LogP) is 2.83. The summed E-state index contributed by atoms with van der Waals surface area (Å²) in [6.45, 7) is 8.68. The third-order valence-corrected chi connectivity index (χ3v) is 6.23. The quantitative estimate of drug-likeness (QED) is 0.686. The van der Waals surface area contributed by atoms with Gasteiger partial charge in [0.1, 0.15) is 5.82 Å². The number of rotatable bonds is 8. The minimum atomic E-state index is -0.598. The lowest BCUT2D eigenvalue weighted by Crippen LogP contribution is -2.43. The number of thioether (sulfide) groups is 1. The Hall–Kier alpha value is -1.70. The Bertz CT molecular complexity index is 779. The van der Waals surface area contributed by atoms with Crippen LogP contribution in [0.4, 0.5) is 11.5 Å². The smallest absolute Gasteiger partial charge is 0.330 e. The number of carbonyl (C=O) groups is 1. The van der Waals surface area contributed by atoms with Crippen LogP contribution in [-0.2, 0) is 11.3 Å². The van der Waals surface area contributed by atoms with Crippen LogP contribution in [0.3, 0.4) is 0 Å². The molecule has 0 atom stereocenters. The number of aromatic amines is 1. The standard InChI is InChI=1S/C20H34N4O3S/c1-13(2)10-23(16(25)12-28-15-8-6-5-7-9-15)17-18(21)24(11-14(3)4)20(27)22-19(17)26/h13-15H,5-12,21H2,1-4H3,(H,22,26,27). The van der Waals surface area contributed by atoms with E-state index in [9.17, 15) is 14.4 Å². The molecular formula is C20H34N4O3S. The van der Waals surface area contributed by atoms with Crippen LogP contribution >= 0.6 is 11.8 Å². The van der Waals surface area contributed by atoms with E-state index in [0.717, 1.165) is 12.8 Å². The minimum absolute atomic E-state index is 0.0686. The van der Waals surface area contributed by atoms with Crippen LogP contribution < -0.4 is 21.9 Å². The molecule has 0 aliphatic heterocycles. The van der Waals surface area contributed by atoms with Crippen molar-refractivity contribution >= 4 is 29.2 Å². The lowest BCUT2D eigenvalue weighted by atomic mass is 10.0. The van der Waals surface area contributed by atoms with Gasteiger partial charge in [0, 0.05) is 18.3 Å². The van der Waals surface area contributed by atoms with Crippen molar-refractivity contribution in [2.24, 2.45) is 11.8 Å². The van der Waals surface area contributed by atoms with Crippen LogP contribution in [-0.4, -0.2) is 33.0 Å². The molecule has 0 radical (unpaired) electrons. The Morgan fingerprint density at radius 2 is 1.82 bits per heavy atom. The van der Waals surface area contributed by atoms with Gasteiger partial charge in [0.2, 0.25) is 5.91 Å². The molecule has 1 amide bonds. The zero-order valence-electron chi connectivity index (χ0n) is 17.5. The van der Waals surface area contributed by atoms with Crippen molar-refractivity contribution < 1.29 is 4.79 Å². The van der Waals surface area contributed by atoms with E-state index < -0.39 is 11.2 Å². The molecule has 1 fully saturated rings. The number of carbonyl (C=O) groups excluding carboxylic acids is 1. The first-order valence-electron chi connectivity index (χ1n) is 10.2. The van der Waals surface area contributed by atoms with Crippen LogP contribution in [0.2, 0.25) is 0 Å². The molecule has 1 aromatic heterocycles. The van der Waals surface area contributed by atoms with E-state index in [0.29, 0.717) is 24.1 Å². The van der Waals surface area contributed by atoms with Gasteiger partial charge in [-0.15, -0.1) is 11.8 Å². The van der Waals surface area contributed by atoms with Crippen molar-refractivity contribution in [1.29, 1.82) is 0 Å². The van der Waals surface area contributed by atoms with Crippen molar-refractivity contribution in [3.05, 3.63) is 20.8 Å². The number of nitrogens with zero attached hydrogens (tertiary/aromatic N) is 2. The molecule has 1 saturated carbocycles. The van der Waals surface area contributed by atoms with Gasteiger partial charge in [0.15, 0.2) is 5.69 Å². The highest BCUT2D eigenvalue weighted by Gasteiger charge is 2.26. The molecule has 158 valence electrons. The topological polar surface area (TPSA) is 101 Å². The first-order valence-corrected chi connectivity index (χ1v) is 11.3. The van der Waals surface area contributed by atoms with Crippen LogP contribution in [0.25, 0.3) is 0 Å². The SMILES string of the molecule is CC(C)CN(C(=O)CSC1CCCCC1)c1c(N)n(CC(C)C)c(=O)[nH]c1=O. The summed E-state index contributed by atoms with van der Waals surface area (Å²) in [5.41, 5.74) is 5.20. The molecule has 0 saturated heterocycles. The molecule has 1 aromatic rings. The van der Waals surface area contributed by atoms with E-state index in [1.165, 1.54) is 28.7 Å². The molecule has 1 heterocycles. The highest BCUT2D eigenvalue weighted by atomic mass is 32.2. The number of nitrogens with two attached hydrogens (primary N) is 1. The van der Waals surface area contributed by atoms with Gasteiger partial charge in [-0.05, 0) is 24.7 Å². The molecule has 0 spiro atoms. The second-order valence-corrected chi connectivity index (χ2v) is 9.76. The maximum absolute atomic E-state index is 13.1. The largest absolute Gasteiger partial charge is 0.383 e. The molecule has 7 nitrogen and oxygen atoms in total. The van der Waals surface area contributed by atoms with Gasteiger partial charge in [-0.25, -0.2) is 4.79 Å². The zero-order chi connectivity index (χ0) is 20.8. The van der Waals surface area contributed by atoms with Crippen molar-refractivity contribution in [1.82, 2.24) is 9.55 Å². The number of hydrogen-bond acceptors (Lipinski definition) is 5. The van der Waals surface area contributed by atoms with Gasteiger partial charge in [0.05, 0.1) is 5.75 Å². The van der Waals surface area contributed by atoms with E-state index in [1.54, 1.807) is 11.8 Å². The first kappa shape index (κ1) is 22.6. The van der Waals surface area contributed by atoms with E-state index >= 15 is 0 Å². The number of hydrogen-bond donors (Lipinski definition) is 2. The molecular weight excluding hydrogens is 376 g/mol. The number of aromatic nitrogens is 2. The normalized spacial score (nSPS) is 15.4. The second kappa shape index (κ2) is 10.2. The fourth-order valence-corrected chi connectivity index (χ4v) is 4.77. The predicted molar refractivity (Wildman–Crippen MR) is 117 cm³/mol. The minimum Gasteiger partial charge on any atom is -0.383 e. The van der Waals surface area contributed by atoms with Crippen LogP contribution in [0.1, 0.15) is 59.8 Å². The van der Waals surface area contributed by atoms with Crippen LogP contribution in [0.5, 0.6) is 0 Å². The monoisotopic (exact) mass is 410 g/mol. The van der Waals surface area contributed by atoms with Crippen molar-refractivity contribution in [2.45, 2.75) is 71.6 Å². The van der Waals surface area contributed by atoms with Gasteiger partial charge in [-0.3, -0.25) is 19.1 Å². The Kier molecular flexibility index (Phi) is 8.22. The maximum atomic E-state index is 13.1. The lowest BCUT2D eigenvalue weighted by molar-refractivity contribution is -0.116. The van der Waals surface area contributed by atoms with Crippen LogP contribution in [0, 0.1) is 11.8 Å². The summed E-state index contributed by atoms with van der Waals surface area (Å²) >= 11 is 1.67. The van der Waals surface area contributed by atoms with Gasteiger partial charge in [-0.1, -0.05) is 47.0 Å². The Morgan fingerprint density at radius 1 is 1.18 bits per heavy atom. The summed E-state index contributed by atoms with van der Waals surface area (Å²) in [7, 11) is 0. The average Bonchev–Trinajstić information content (AvgIpc) is 2.62. The number of nitrogen functional groups attached to an aromatic ring is 1. The molecule has 1 aliphatic carbocycles. The third kappa shape index (κ3) is 5.90. The summed E-state index contributed by atoms with van der Waals surface area (Å²) in [6, 6.07) is 0. The molecule has 2 rings (SSSR count). The van der Waals surface area contributed by atoms with Crippen molar-refractivity contribution in [2.75, 3.05) is 22.9 Å². The van der Waals surface area contributed by atoms with Gasteiger partial charge < -0.3 is 10.6 Å². The molecule has 1 aliphatic rings. The number of anilines is 2. The van der Waals surface area contributed by atoms with Crippen molar-refractivity contribution in [3.8, 4) is 0 Å². The first-order chi connectivity index (χ1) is 13.2. The summed E-state index contributed by atoms with van der Waals surface area (Å²) in [6.07, 6.45) is 5.99. The van der Waals surface area contributed by atoms with E-state index in [2.05, 4.69) is 4.98 Å². The molecule has 0 aromatic carbocycles. The fraction of sp³-hybridized carbons (Fsp3) is 0.750. The van der Waals surface area contributed by atoms with Gasteiger partial charge >= 0.3 is 5.69 Å². The number of H-pyrrole nitrogens is 1. The fourth-order valence-electron chi connectivity index (χ4n) is 3.57. The summed E-state index contributed by atoms with van der Waals surface area (Å²) in [5.74, 6) is 0.595. The number of nitrogens with one attached hydrogen (secondary N) is 1. The van der Waals surface area contributed by atoms with Crippen LogP contribution in [0.15, 0.2) is 9.59 Å². The Labute approximate surface area is 171 Å². The van der Waals surface area contributed by atoms with E-state index in [-0.39, 0.29) is 29.2 Å². The molecule has 28 heavy (non-hydrogen) atoms. The highest BCUT2D eigenvalue weighted by molar-refractivity contribution is 8.00. The summed E-state index contributed by atoms with van der Waals surface area (Å²) in [4.78, 5) is 41.7. The Morgan fingerprint density at radius 3 is 2.39 bits per heavy atom. The highest BCUT2D eigenvalue weighted by Crippen LogP contribution is 2.29. The summed E-state index contributed by atoms with van der Waals surface area (Å²) < 4.78 is 1.36. The van der Waals surface area contributed by atoms with E-state index in [4.69, 9.17) is 5.73 Å². The van der Waals surface area contributed by atoms with E-state index in [1.807, 2.05) is 27.7 Å². The zero-order valence-corrected chi connectivity index (χ0v) is 18.3. The third-order valence-electron chi connectivity index (χ3n) is 4.88. The average molecular weight is 411 g/mol. The lowest BCUT2D eigenvalue weighted by Gasteiger charge is -2.27. The maximum Gasteiger partial charge on any atom is 0.330 e. The van der Waals surface area contributed by atoms with Gasteiger partial charge in [0.25, 0.3) is 5.56 Å². The molecule has 3 N–H and O–H groups in total. The molecule has 8 heteroatoms. The molecule has 0 unspecified atom stereocenters. The Balaban J connectivity index is 2.32. The van der Waals surface area contributed by atoms with Crippen molar-refractivity contribution in [3.63, 3.8) is 0 Å². The van der Waals surface area contributed by atoms with Gasteiger partial charge in [-0.2, -0.15) is 0 Å².